The minimum atomic E-state index is -0.840. The number of nitrogens with zero attached hydrogens (tertiary/aromatic N) is 4. The zero-order valence-corrected chi connectivity index (χ0v) is 19.4. The van der Waals surface area contributed by atoms with Gasteiger partial charge in [-0.15, -0.1) is 29.1 Å². The minimum Gasteiger partial charge on any atom is -0.473 e. The van der Waals surface area contributed by atoms with Crippen LogP contribution in [0.1, 0.15) is 54.9 Å². The smallest absolute Gasteiger partial charge is 0.294 e. The number of hydrogen-bond acceptors (Lipinski definition) is 10. The number of hydroxylamine groups is 2. The van der Waals surface area contributed by atoms with Crippen molar-refractivity contribution in [1.82, 2.24) is 19.1 Å². The van der Waals surface area contributed by atoms with Crippen LogP contribution in [0.25, 0.3) is 0 Å². The van der Waals surface area contributed by atoms with Crippen LogP contribution < -0.4 is 14.8 Å². The van der Waals surface area contributed by atoms with Gasteiger partial charge in [0.1, 0.15) is 6.61 Å². The fourth-order valence-electron chi connectivity index (χ4n) is 3.51. The monoisotopic (exact) mass is 446 g/mol. The molecule has 0 spiro atoms. The van der Waals surface area contributed by atoms with E-state index in [4.69, 9.17) is 14.3 Å². The third kappa shape index (κ3) is 6.37. The largest absolute Gasteiger partial charge is 0.473 e. The summed E-state index contributed by atoms with van der Waals surface area (Å²) < 4.78 is 19.6. The molecule has 171 valence electrons. The minimum absolute atomic E-state index is 0.00102. The van der Waals surface area contributed by atoms with E-state index in [1.54, 1.807) is 0 Å². The van der Waals surface area contributed by atoms with Crippen molar-refractivity contribution in [2.24, 2.45) is 5.92 Å². The summed E-state index contributed by atoms with van der Waals surface area (Å²) in [5.41, 5.74) is -1.27. The van der Waals surface area contributed by atoms with Gasteiger partial charge < -0.3 is 19.6 Å². The first-order valence-electron chi connectivity index (χ1n) is 9.84. The quantitative estimate of drug-likeness (QED) is 0.425. The zero-order chi connectivity index (χ0) is 22.7. The van der Waals surface area contributed by atoms with E-state index < -0.39 is 22.3 Å². The maximum Gasteiger partial charge on any atom is 0.294 e. The molecular formula is C18H32N5O6S. The summed E-state index contributed by atoms with van der Waals surface area (Å²) in [6.07, 6.45) is -0.133. The van der Waals surface area contributed by atoms with E-state index in [0.717, 1.165) is 16.8 Å². The number of nitrogens with one attached hydrogen (secondary N) is 1. The lowest BCUT2D eigenvalue weighted by molar-refractivity contribution is -0.768. The van der Waals surface area contributed by atoms with E-state index in [-0.39, 0.29) is 43.0 Å². The normalized spacial score (nSPS) is 21.9. The van der Waals surface area contributed by atoms with E-state index in [0.29, 0.717) is 6.42 Å². The van der Waals surface area contributed by atoms with Crippen molar-refractivity contribution in [3.8, 4) is 11.8 Å². The van der Waals surface area contributed by atoms with Gasteiger partial charge in [-0.2, -0.15) is 0 Å². The molecule has 2 heterocycles. The van der Waals surface area contributed by atoms with E-state index >= 15 is 0 Å². The van der Waals surface area contributed by atoms with Gasteiger partial charge in [0.25, 0.3) is 16.8 Å². The van der Waals surface area contributed by atoms with Gasteiger partial charge in [-0.3, -0.25) is 0 Å². The predicted molar refractivity (Wildman–Crippen MR) is 109 cm³/mol. The van der Waals surface area contributed by atoms with Crippen LogP contribution in [0.15, 0.2) is 0 Å². The summed E-state index contributed by atoms with van der Waals surface area (Å²) in [5, 5.41) is 26.7. The molecule has 2 rings (SSSR count). The summed E-state index contributed by atoms with van der Waals surface area (Å²) in [7, 11) is 0. The van der Waals surface area contributed by atoms with Crippen molar-refractivity contribution in [3.63, 3.8) is 0 Å². The van der Waals surface area contributed by atoms with Gasteiger partial charge in [-0.05, 0) is 54.9 Å². The fraction of sp³-hybridized carbons (Fsp3) is 0.889. The van der Waals surface area contributed by atoms with Crippen molar-refractivity contribution in [2.45, 2.75) is 77.6 Å². The van der Waals surface area contributed by atoms with Gasteiger partial charge in [0, 0.05) is 23.5 Å². The molecule has 0 aliphatic carbocycles. The Kier molecular flexibility index (Phi) is 7.49. The Hall–Kier alpha value is -1.76. The van der Waals surface area contributed by atoms with Crippen LogP contribution in [0.5, 0.6) is 11.8 Å². The highest BCUT2D eigenvalue weighted by Gasteiger charge is 2.52. The number of hydrogen-bond donors (Lipinski definition) is 1. The summed E-state index contributed by atoms with van der Waals surface area (Å²) in [4.78, 5) is 15.5. The van der Waals surface area contributed by atoms with Crippen LogP contribution >= 0.6 is 11.7 Å². The van der Waals surface area contributed by atoms with Gasteiger partial charge in [0.2, 0.25) is 0 Å². The van der Waals surface area contributed by atoms with Gasteiger partial charge in [0.15, 0.2) is 6.10 Å². The van der Waals surface area contributed by atoms with Crippen molar-refractivity contribution < 1.29 is 24.6 Å². The molecule has 1 aliphatic heterocycles. The summed E-state index contributed by atoms with van der Waals surface area (Å²) in [5.74, 6) is 0.365. The SMILES string of the molecule is CC(C)(C)NC[C@@H](COc1nsnc1OCC1CC(C)(C)N([O])C1(C)C)O[N+](=O)[O-]. The van der Waals surface area contributed by atoms with Gasteiger partial charge in [0.05, 0.1) is 23.9 Å². The molecule has 1 saturated heterocycles. The number of aromatic nitrogens is 2. The lowest BCUT2D eigenvalue weighted by atomic mass is 9.88. The molecule has 0 bridgehead atoms. The van der Waals surface area contributed by atoms with Crippen molar-refractivity contribution in [2.75, 3.05) is 19.8 Å². The molecule has 0 amide bonds. The van der Waals surface area contributed by atoms with Gasteiger partial charge >= 0.3 is 0 Å². The Morgan fingerprint density at radius 2 is 1.87 bits per heavy atom. The Balaban J connectivity index is 1.95. The third-order valence-electron chi connectivity index (χ3n) is 5.17. The molecule has 12 heteroatoms. The Morgan fingerprint density at radius 3 is 2.37 bits per heavy atom. The molecule has 2 atom stereocenters. The highest BCUT2D eigenvalue weighted by atomic mass is 32.1. The van der Waals surface area contributed by atoms with Crippen LogP contribution in [-0.2, 0) is 10.0 Å². The lowest BCUT2D eigenvalue weighted by Crippen LogP contribution is -2.47. The van der Waals surface area contributed by atoms with Crippen molar-refractivity contribution in [1.29, 1.82) is 0 Å². The molecule has 1 aromatic heterocycles. The van der Waals surface area contributed by atoms with Crippen LogP contribution in [0.3, 0.4) is 0 Å². The van der Waals surface area contributed by atoms with Crippen molar-refractivity contribution >= 4 is 11.7 Å². The number of rotatable bonds is 10. The fourth-order valence-corrected chi connectivity index (χ4v) is 3.96. The third-order valence-corrected chi connectivity index (χ3v) is 5.67. The predicted octanol–water partition coefficient (Wildman–Crippen LogP) is 2.49. The zero-order valence-electron chi connectivity index (χ0n) is 18.6. The lowest BCUT2D eigenvalue weighted by Gasteiger charge is -2.33. The Morgan fingerprint density at radius 1 is 1.27 bits per heavy atom. The molecule has 11 nitrogen and oxygen atoms in total. The van der Waals surface area contributed by atoms with Gasteiger partial charge in [-0.1, -0.05) is 0 Å². The molecule has 0 aromatic carbocycles. The second-order valence-corrected chi connectivity index (χ2v) is 10.3. The highest BCUT2D eigenvalue weighted by Crippen LogP contribution is 2.44. The topological polar surface area (TPSA) is 132 Å². The molecular weight excluding hydrogens is 414 g/mol. The second kappa shape index (κ2) is 9.16. The molecule has 0 saturated carbocycles. The second-order valence-electron chi connectivity index (χ2n) is 9.74. The summed E-state index contributed by atoms with van der Waals surface area (Å²) in [6, 6.07) is 0. The highest BCUT2D eigenvalue weighted by molar-refractivity contribution is 6.99. The number of ether oxygens (including phenoxy) is 2. The Labute approximate surface area is 181 Å². The van der Waals surface area contributed by atoms with Crippen LogP contribution in [-0.4, -0.2) is 61.4 Å². The summed E-state index contributed by atoms with van der Waals surface area (Å²) >= 11 is 0.920. The average Bonchev–Trinajstić information content (AvgIpc) is 3.11. The molecule has 1 radical (unpaired) electrons. The summed E-state index contributed by atoms with van der Waals surface area (Å²) in [6.45, 7) is 13.9. The maximum atomic E-state index is 12.5. The molecule has 1 aromatic rings. The van der Waals surface area contributed by atoms with E-state index in [2.05, 4.69) is 14.1 Å². The standard InChI is InChI=1S/C18H32N5O6S/c1-16(2,3)19-9-13(29-23(25)26)11-28-15-14(20-30-21-15)27-10-12-8-17(4,5)22(24)18(12,6)7/h12-13,19H,8-11H2,1-7H3/t12?,13-/m0/s1. The molecule has 1 N–H and O–H groups in total. The van der Waals surface area contributed by atoms with Crippen LogP contribution in [0.4, 0.5) is 0 Å². The van der Waals surface area contributed by atoms with Crippen LogP contribution in [0.2, 0.25) is 0 Å². The first-order valence-corrected chi connectivity index (χ1v) is 10.6. The van der Waals surface area contributed by atoms with Gasteiger partial charge in [-0.25, -0.2) is 0 Å². The first kappa shape index (κ1) is 24.5. The molecule has 30 heavy (non-hydrogen) atoms. The van der Waals surface area contributed by atoms with E-state index in [1.807, 2.05) is 48.5 Å². The maximum absolute atomic E-state index is 12.5. The molecule has 1 fully saturated rings. The molecule has 1 aliphatic rings. The molecule has 1 unspecified atom stereocenters. The van der Waals surface area contributed by atoms with E-state index in [1.165, 1.54) is 0 Å². The Bertz CT molecular complexity index is 720. The average molecular weight is 447 g/mol. The first-order chi connectivity index (χ1) is 13.7. The van der Waals surface area contributed by atoms with Crippen LogP contribution in [0, 0.1) is 16.0 Å². The van der Waals surface area contributed by atoms with E-state index in [9.17, 15) is 15.3 Å². The van der Waals surface area contributed by atoms with Crippen molar-refractivity contribution in [3.05, 3.63) is 10.1 Å².